The van der Waals surface area contributed by atoms with Crippen molar-refractivity contribution in [3.8, 4) is 0 Å². The fourth-order valence-corrected chi connectivity index (χ4v) is 3.69. The quantitative estimate of drug-likeness (QED) is 0.925. The first-order valence-electron chi connectivity index (χ1n) is 8.11. The number of amides is 1. The third-order valence-corrected chi connectivity index (χ3v) is 4.99. The second-order valence-electron chi connectivity index (χ2n) is 6.30. The number of nitrogens with zero attached hydrogens (tertiary/aromatic N) is 2. The third-order valence-electron chi connectivity index (χ3n) is 4.99. The second kappa shape index (κ2) is 5.72. The van der Waals surface area contributed by atoms with Crippen LogP contribution < -0.4 is 0 Å². The van der Waals surface area contributed by atoms with Crippen LogP contribution in [0.1, 0.15) is 30.7 Å². The van der Waals surface area contributed by atoms with Gasteiger partial charge in [0.2, 0.25) is 5.91 Å². The third kappa shape index (κ3) is 2.39. The molecule has 5 nitrogen and oxygen atoms in total. The van der Waals surface area contributed by atoms with Gasteiger partial charge in [-0.3, -0.25) is 9.78 Å². The average Bonchev–Trinajstić information content (AvgIpc) is 3.24. The summed E-state index contributed by atoms with van der Waals surface area (Å²) in [7, 11) is 0. The summed E-state index contributed by atoms with van der Waals surface area (Å²) in [6, 6.07) is 4.01. The van der Waals surface area contributed by atoms with E-state index >= 15 is 0 Å². The van der Waals surface area contributed by atoms with Gasteiger partial charge in [0.15, 0.2) is 0 Å². The van der Waals surface area contributed by atoms with Gasteiger partial charge < -0.3 is 14.6 Å². The molecule has 2 aromatic heterocycles. The number of piperidine rings is 1. The largest absolute Gasteiger partial charge is 0.381 e. The van der Waals surface area contributed by atoms with Crippen LogP contribution in [-0.4, -0.2) is 47.1 Å². The second-order valence-corrected chi connectivity index (χ2v) is 6.30. The van der Waals surface area contributed by atoms with Crippen molar-refractivity contribution in [2.45, 2.75) is 25.2 Å². The van der Waals surface area contributed by atoms with E-state index in [1.807, 2.05) is 17.2 Å². The molecule has 2 aliphatic rings. The molecule has 0 radical (unpaired) electrons. The molecule has 2 aliphatic heterocycles. The van der Waals surface area contributed by atoms with Gasteiger partial charge in [0.1, 0.15) is 0 Å². The molecule has 1 atom stereocenters. The van der Waals surface area contributed by atoms with Gasteiger partial charge in [-0.25, -0.2) is 0 Å². The Bertz CT molecular complexity index is 667. The fraction of sp³-hybridized carbons (Fsp3) is 0.529. The Hall–Kier alpha value is -1.88. The van der Waals surface area contributed by atoms with Gasteiger partial charge in [0.05, 0.1) is 23.6 Å². The number of pyridine rings is 1. The minimum Gasteiger partial charge on any atom is -0.381 e. The summed E-state index contributed by atoms with van der Waals surface area (Å²) in [5.74, 6) is 0.867. The molecule has 22 heavy (non-hydrogen) atoms. The van der Waals surface area contributed by atoms with Gasteiger partial charge in [-0.05, 0) is 42.9 Å². The highest BCUT2D eigenvalue weighted by Gasteiger charge is 2.31. The summed E-state index contributed by atoms with van der Waals surface area (Å²) in [4.78, 5) is 22.3. The predicted molar refractivity (Wildman–Crippen MR) is 83.6 cm³/mol. The molecule has 116 valence electrons. The van der Waals surface area contributed by atoms with E-state index in [0.29, 0.717) is 12.5 Å². The van der Waals surface area contributed by atoms with E-state index in [1.165, 1.54) is 5.56 Å². The van der Waals surface area contributed by atoms with E-state index in [2.05, 4.69) is 22.2 Å². The van der Waals surface area contributed by atoms with E-state index in [-0.39, 0.29) is 11.8 Å². The van der Waals surface area contributed by atoms with Crippen molar-refractivity contribution in [1.29, 1.82) is 0 Å². The van der Waals surface area contributed by atoms with Crippen LogP contribution in [0.4, 0.5) is 0 Å². The smallest absolute Gasteiger partial charge is 0.228 e. The maximum absolute atomic E-state index is 12.4. The van der Waals surface area contributed by atoms with Crippen LogP contribution in [0.5, 0.6) is 0 Å². The van der Waals surface area contributed by atoms with Crippen LogP contribution in [0.3, 0.4) is 0 Å². The summed E-state index contributed by atoms with van der Waals surface area (Å²) >= 11 is 0. The molecule has 1 N–H and O–H groups in total. The van der Waals surface area contributed by atoms with E-state index < -0.39 is 0 Å². The van der Waals surface area contributed by atoms with Crippen LogP contribution in [-0.2, 0) is 9.53 Å². The lowest BCUT2D eigenvalue weighted by molar-refractivity contribution is -0.136. The number of ether oxygens (including phenoxy) is 1. The van der Waals surface area contributed by atoms with Gasteiger partial charge in [-0.2, -0.15) is 0 Å². The molecule has 4 rings (SSSR count). The summed E-state index contributed by atoms with van der Waals surface area (Å²) < 4.78 is 5.34. The predicted octanol–water partition coefficient (Wildman–Crippen LogP) is 2.31. The molecule has 1 unspecified atom stereocenters. The summed E-state index contributed by atoms with van der Waals surface area (Å²) in [6.45, 7) is 3.03. The SMILES string of the molecule is O=C(C1CCOC1)N1CCC(c2c[nH]c3cccnc23)CC1. The zero-order chi connectivity index (χ0) is 14.9. The molecule has 2 saturated heterocycles. The number of carbonyl (C=O) groups is 1. The van der Waals surface area contributed by atoms with Crippen LogP contribution in [0.25, 0.3) is 11.0 Å². The van der Waals surface area contributed by atoms with Gasteiger partial charge in [-0.1, -0.05) is 0 Å². The maximum Gasteiger partial charge on any atom is 0.228 e. The first kappa shape index (κ1) is 13.8. The number of hydrogen-bond donors (Lipinski definition) is 1. The summed E-state index contributed by atoms with van der Waals surface area (Å²) in [5, 5.41) is 0. The molecule has 1 amide bonds. The lowest BCUT2D eigenvalue weighted by Gasteiger charge is -2.33. The van der Waals surface area contributed by atoms with Crippen molar-refractivity contribution >= 4 is 16.9 Å². The van der Waals surface area contributed by atoms with E-state index in [4.69, 9.17) is 4.74 Å². The van der Waals surface area contributed by atoms with Crippen LogP contribution in [0, 0.1) is 5.92 Å². The molecule has 2 fully saturated rings. The first-order chi connectivity index (χ1) is 10.8. The highest BCUT2D eigenvalue weighted by molar-refractivity contribution is 5.80. The van der Waals surface area contributed by atoms with Crippen LogP contribution in [0.2, 0.25) is 0 Å². The fourth-order valence-electron chi connectivity index (χ4n) is 3.69. The van der Waals surface area contributed by atoms with Crippen molar-refractivity contribution in [3.63, 3.8) is 0 Å². The Morgan fingerprint density at radius 1 is 1.32 bits per heavy atom. The van der Waals surface area contributed by atoms with Crippen molar-refractivity contribution in [2.75, 3.05) is 26.3 Å². The Kier molecular flexibility index (Phi) is 3.58. The van der Waals surface area contributed by atoms with Gasteiger partial charge in [-0.15, -0.1) is 0 Å². The number of rotatable bonds is 2. The molecular weight excluding hydrogens is 278 g/mol. The molecule has 0 aliphatic carbocycles. The van der Waals surface area contributed by atoms with Gasteiger partial charge in [0, 0.05) is 32.1 Å². The molecule has 2 aromatic rings. The van der Waals surface area contributed by atoms with E-state index in [1.54, 1.807) is 0 Å². The molecule has 0 bridgehead atoms. The van der Waals surface area contributed by atoms with E-state index in [0.717, 1.165) is 50.0 Å². The molecule has 5 heteroatoms. The minimum atomic E-state index is 0.0892. The first-order valence-corrected chi connectivity index (χ1v) is 8.11. The number of fused-ring (bicyclic) bond motifs is 1. The number of aromatic amines is 1. The molecule has 0 spiro atoms. The zero-order valence-electron chi connectivity index (χ0n) is 12.6. The normalized spacial score (nSPS) is 23.3. The zero-order valence-corrected chi connectivity index (χ0v) is 12.6. The topological polar surface area (TPSA) is 58.2 Å². The van der Waals surface area contributed by atoms with Crippen molar-refractivity contribution in [3.05, 3.63) is 30.1 Å². The number of H-pyrrole nitrogens is 1. The Morgan fingerprint density at radius 2 is 2.18 bits per heavy atom. The molecular formula is C17H21N3O2. The molecule has 0 saturated carbocycles. The maximum atomic E-state index is 12.4. The standard InChI is InChI=1S/C17H21N3O2/c21-17(13-5-9-22-11-13)20-7-3-12(4-8-20)14-10-19-15-2-1-6-18-16(14)15/h1-2,6,10,12-13,19H,3-5,7-9,11H2. The van der Waals surface area contributed by atoms with Crippen LogP contribution in [0.15, 0.2) is 24.5 Å². The number of aromatic nitrogens is 2. The highest BCUT2D eigenvalue weighted by atomic mass is 16.5. The Morgan fingerprint density at radius 3 is 2.95 bits per heavy atom. The average molecular weight is 299 g/mol. The number of hydrogen-bond acceptors (Lipinski definition) is 3. The van der Waals surface area contributed by atoms with Gasteiger partial charge >= 0.3 is 0 Å². The summed E-state index contributed by atoms with van der Waals surface area (Å²) in [5.41, 5.74) is 3.47. The van der Waals surface area contributed by atoms with Crippen LogP contribution >= 0.6 is 0 Å². The number of likely N-dealkylation sites (tertiary alicyclic amines) is 1. The lowest BCUT2D eigenvalue weighted by atomic mass is 9.90. The van der Waals surface area contributed by atoms with Crippen molar-refractivity contribution < 1.29 is 9.53 Å². The molecule has 4 heterocycles. The number of carbonyl (C=O) groups excluding carboxylic acids is 1. The van der Waals surface area contributed by atoms with E-state index in [9.17, 15) is 4.79 Å². The monoisotopic (exact) mass is 299 g/mol. The molecule has 0 aromatic carbocycles. The van der Waals surface area contributed by atoms with Crippen molar-refractivity contribution in [2.24, 2.45) is 5.92 Å². The Labute approximate surface area is 129 Å². The lowest BCUT2D eigenvalue weighted by Crippen LogP contribution is -2.41. The number of nitrogens with one attached hydrogen (secondary N) is 1. The minimum absolute atomic E-state index is 0.0892. The van der Waals surface area contributed by atoms with Crippen molar-refractivity contribution in [1.82, 2.24) is 14.9 Å². The van der Waals surface area contributed by atoms with Gasteiger partial charge in [0.25, 0.3) is 0 Å². The Balaban J connectivity index is 1.44. The summed E-state index contributed by atoms with van der Waals surface area (Å²) in [6.07, 6.45) is 6.85. The highest BCUT2D eigenvalue weighted by Crippen LogP contribution is 2.32.